The lowest BCUT2D eigenvalue weighted by molar-refractivity contribution is -0.536. The van der Waals surface area contributed by atoms with E-state index < -0.39 is 261 Å². The molecular formula is C42H71O36-. The molecule has 0 spiro atoms. The molecule has 7 aliphatic heterocycles. The number of hydrogen-bond acceptors (Lipinski definition) is 36. The van der Waals surface area contributed by atoms with Crippen LogP contribution in [0.25, 0.3) is 0 Å². The molecule has 22 N–H and O–H groups in total. The smallest absolute Gasteiger partial charge is 0.187 e. The van der Waals surface area contributed by atoms with E-state index in [1.807, 2.05) is 0 Å². The summed E-state index contributed by atoms with van der Waals surface area (Å²) < 4.78 is 71.8. The molecule has 35 atom stereocenters. The molecule has 0 radical (unpaired) electrons. The maximum absolute atomic E-state index is 12.3. The first-order valence-electron chi connectivity index (χ1n) is 24.6. The second kappa shape index (κ2) is 27.5. The average Bonchev–Trinajstić information content (AvgIpc) is 3.43. The third-order valence-electron chi connectivity index (χ3n) is 14.5. The van der Waals surface area contributed by atoms with Gasteiger partial charge in [0.1, 0.15) is 165 Å². The zero-order valence-electron chi connectivity index (χ0n) is 40.7. The van der Waals surface area contributed by atoms with Crippen molar-refractivity contribution in [3.05, 3.63) is 0 Å². The fourth-order valence-electron chi connectivity index (χ4n) is 9.95. The molecule has 36 nitrogen and oxygen atoms in total. The molecule has 0 amide bonds. The second-order valence-electron chi connectivity index (χ2n) is 19.5. The quantitative estimate of drug-likeness (QED) is 0.0571. The Morgan fingerprint density at radius 3 is 0.615 bits per heavy atom. The van der Waals surface area contributed by atoms with Gasteiger partial charge in [0.2, 0.25) is 0 Å². The third-order valence-corrected chi connectivity index (χ3v) is 14.5. The molecule has 78 heavy (non-hydrogen) atoms. The Morgan fingerprint density at radius 1 is 0.218 bits per heavy atom. The van der Waals surface area contributed by atoms with E-state index >= 15 is 0 Å². The number of ether oxygens (including phenoxy) is 13. The fraction of sp³-hybridized carbons (Fsp3) is 1.00. The Hall–Kier alpha value is -1.44. The summed E-state index contributed by atoms with van der Waals surface area (Å²) in [5.41, 5.74) is 0. The zero-order chi connectivity index (χ0) is 57.3. The standard InChI is InChI=1S/C42H71O36/c43-1-8-15(50)22(57)23(58)37(67-8)74-31-17(52)10(3-45)69-39(25(31)60)76-33-19(54)12(5-47)71-41(27(33)62)78-35-21(56)14(7-49)72-42(29(35)64)77-34-20(55)13(6-48)70-40(28(34)63)75-32-18(53)11(4-46)68-38(26(32)61)73-30-16(51)9(2-44)66-36(65)24(30)59/h8-64H,1-7H2/q-1/t8-,9-,10-,11-,12-,13-,14-,15-,16-,17-,18-,19-,20-,21-,22+,23-,24-,25-,26-,27-,28-,29-,30+,31+,32+,33+,34+,35+,36-,37+,38+,39+,40+,41+,42+/m1/s1. The van der Waals surface area contributed by atoms with Crippen LogP contribution >= 0.6 is 0 Å². The fourth-order valence-corrected chi connectivity index (χ4v) is 9.95. The van der Waals surface area contributed by atoms with Crippen molar-refractivity contribution in [1.29, 1.82) is 0 Å². The highest BCUT2D eigenvalue weighted by atomic mass is 16.8. The van der Waals surface area contributed by atoms with Gasteiger partial charge >= 0.3 is 0 Å². The molecule has 7 aliphatic rings. The second-order valence-corrected chi connectivity index (χ2v) is 19.5. The van der Waals surface area contributed by atoms with Gasteiger partial charge in [-0.25, -0.2) is 0 Å². The summed E-state index contributed by atoms with van der Waals surface area (Å²) in [6, 6.07) is 0. The van der Waals surface area contributed by atoms with Crippen LogP contribution in [0.1, 0.15) is 0 Å². The highest BCUT2D eigenvalue weighted by Gasteiger charge is 2.58. The monoisotopic (exact) mass is 1150 g/mol. The predicted octanol–water partition coefficient (Wildman–Crippen LogP) is -16.9. The van der Waals surface area contributed by atoms with Crippen molar-refractivity contribution in [3.8, 4) is 0 Å². The topological polar surface area (TPSA) is 588 Å². The molecule has 0 aromatic rings. The van der Waals surface area contributed by atoms with Crippen LogP contribution in [0.5, 0.6) is 0 Å². The van der Waals surface area contributed by atoms with Gasteiger partial charge < -0.3 is 179 Å². The van der Waals surface area contributed by atoms with Crippen LogP contribution in [0, 0.1) is 0 Å². The van der Waals surface area contributed by atoms with Crippen molar-refractivity contribution in [2.45, 2.75) is 215 Å². The highest BCUT2D eigenvalue weighted by molar-refractivity contribution is 5.01. The molecule has 36 heteroatoms. The summed E-state index contributed by atoms with van der Waals surface area (Å²) in [7, 11) is 0. The molecule has 7 heterocycles. The summed E-state index contributed by atoms with van der Waals surface area (Å²) in [5, 5.41) is 248. The molecule has 7 saturated heterocycles. The zero-order valence-corrected chi connectivity index (χ0v) is 40.7. The first kappa shape index (κ1) is 64.1. The van der Waals surface area contributed by atoms with Gasteiger partial charge in [0.05, 0.1) is 52.4 Å². The average molecular weight is 1150 g/mol. The lowest BCUT2D eigenvalue weighted by Crippen LogP contribution is -2.69. The molecule has 0 saturated carbocycles. The molecule has 0 unspecified atom stereocenters. The normalized spacial score (nSPS) is 53.5. The minimum absolute atomic E-state index is 0.896. The minimum Gasteiger partial charge on any atom is -0.829 e. The van der Waals surface area contributed by atoms with E-state index in [4.69, 9.17) is 61.6 Å². The van der Waals surface area contributed by atoms with E-state index in [-0.39, 0.29) is 0 Å². The molecule has 7 fully saturated rings. The number of hydrogen-bond donors (Lipinski definition) is 22. The van der Waals surface area contributed by atoms with Crippen molar-refractivity contribution in [2.75, 3.05) is 46.2 Å². The van der Waals surface area contributed by atoms with E-state index in [1.165, 1.54) is 0 Å². The highest BCUT2D eigenvalue weighted by Crippen LogP contribution is 2.38. The SMILES string of the molecule is [O-][C@@H]1O[C@H](CO)[C@@H](O)[C@H](O[C@@H]2O[C@H](CO)[C@@H](O)[C@H](O[C@@H]3O[C@H](CO)[C@@H](O)[C@H](O[C@@H]4O[C@H](CO)[C@@H](O)[C@H](O[C@@H]5O[C@H](CO)[C@@H](O)[C@H](O[C@@H]6O[C@H](CO)[C@@H](O)[C@H](O[C@@H]7O[C@H](CO)[C@@H](O)[C@H](O)[C@H]7O)[C@H]6O)[C@H]5O)[C@H]4O)[C@H]3O)[C@H]2O)[C@H]1O. The van der Waals surface area contributed by atoms with Crippen molar-refractivity contribution in [3.63, 3.8) is 0 Å². The summed E-state index contributed by atoms with van der Waals surface area (Å²) in [6.45, 7) is -7.11. The number of aliphatic hydroxyl groups excluding tert-OH is 22. The molecule has 7 rings (SSSR count). The van der Waals surface area contributed by atoms with E-state index in [2.05, 4.69) is 0 Å². The van der Waals surface area contributed by atoms with Gasteiger partial charge in [0.25, 0.3) is 0 Å². The molecule has 0 aliphatic carbocycles. The molecular weight excluding hydrogens is 1080 g/mol. The first-order valence-corrected chi connectivity index (χ1v) is 24.6. The summed E-state index contributed by atoms with van der Waals surface area (Å²) >= 11 is 0. The minimum atomic E-state index is -2.33. The molecule has 456 valence electrons. The van der Waals surface area contributed by atoms with E-state index in [0.29, 0.717) is 0 Å². The maximum atomic E-state index is 12.3. The van der Waals surface area contributed by atoms with E-state index in [9.17, 15) is 117 Å². The van der Waals surface area contributed by atoms with Gasteiger partial charge in [-0.1, -0.05) is 0 Å². The van der Waals surface area contributed by atoms with Crippen LogP contribution in [-0.2, 0) is 61.6 Å². The third kappa shape index (κ3) is 12.9. The Labute approximate surface area is 439 Å². The van der Waals surface area contributed by atoms with Crippen molar-refractivity contribution in [2.24, 2.45) is 0 Å². The predicted molar refractivity (Wildman–Crippen MR) is 230 cm³/mol. The first-order chi connectivity index (χ1) is 37.0. The summed E-state index contributed by atoms with van der Waals surface area (Å²) in [5.74, 6) is 0. The number of aliphatic hydroxyl groups is 22. The van der Waals surface area contributed by atoms with Crippen molar-refractivity contribution < 1.29 is 179 Å². The van der Waals surface area contributed by atoms with Crippen LogP contribution in [0.3, 0.4) is 0 Å². The van der Waals surface area contributed by atoms with Crippen LogP contribution in [0.15, 0.2) is 0 Å². The Kier molecular flexibility index (Phi) is 22.6. The van der Waals surface area contributed by atoms with E-state index in [0.717, 1.165) is 0 Å². The summed E-state index contributed by atoms with van der Waals surface area (Å²) in [6.07, 6.45) is -70.8. The van der Waals surface area contributed by atoms with Crippen LogP contribution in [-0.4, -0.2) is 374 Å². The lowest BCUT2D eigenvalue weighted by Gasteiger charge is -2.50. The van der Waals surface area contributed by atoms with Gasteiger partial charge in [-0.05, 0) is 0 Å². The summed E-state index contributed by atoms with van der Waals surface area (Å²) in [4.78, 5) is 0. The largest absolute Gasteiger partial charge is 0.829 e. The number of rotatable bonds is 19. The van der Waals surface area contributed by atoms with Crippen LogP contribution in [0.2, 0.25) is 0 Å². The van der Waals surface area contributed by atoms with Gasteiger partial charge in [0, 0.05) is 6.29 Å². The molecule has 0 aromatic carbocycles. The Balaban J connectivity index is 1.06. The Bertz CT molecular complexity index is 1820. The molecule has 0 bridgehead atoms. The van der Waals surface area contributed by atoms with Gasteiger partial charge in [-0.15, -0.1) is 0 Å². The molecule has 0 aromatic heterocycles. The van der Waals surface area contributed by atoms with Gasteiger partial charge in [-0.2, -0.15) is 0 Å². The Morgan fingerprint density at radius 2 is 0.397 bits per heavy atom. The van der Waals surface area contributed by atoms with Crippen LogP contribution < -0.4 is 5.11 Å². The van der Waals surface area contributed by atoms with Crippen molar-refractivity contribution in [1.82, 2.24) is 0 Å². The van der Waals surface area contributed by atoms with Gasteiger partial charge in [-0.3, -0.25) is 0 Å². The van der Waals surface area contributed by atoms with Crippen LogP contribution in [0.4, 0.5) is 0 Å². The maximum Gasteiger partial charge on any atom is 0.187 e. The lowest BCUT2D eigenvalue weighted by atomic mass is 9.95. The van der Waals surface area contributed by atoms with E-state index in [1.54, 1.807) is 0 Å². The van der Waals surface area contributed by atoms with Crippen molar-refractivity contribution >= 4 is 0 Å². The van der Waals surface area contributed by atoms with Gasteiger partial charge in [0.15, 0.2) is 37.7 Å².